The number of carboxylic acid groups (broad SMARTS) is 1. The number of nitrogens with zero attached hydrogens (tertiary/aromatic N) is 3. The number of carbonyl (C=O) groups is 1. The zero-order valence-electron chi connectivity index (χ0n) is 10.5. The number of pyridine rings is 1. The van der Waals surface area contributed by atoms with Gasteiger partial charge in [0.05, 0.1) is 12.7 Å². The summed E-state index contributed by atoms with van der Waals surface area (Å²) in [6.07, 6.45) is 2.72. The second-order valence-corrected chi connectivity index (χ2v) is 3.58. The molecule has 19 heavy (non-hydrogen) atoms. The predicted octanol–water partition coefficient (Wildman–Crippen LogP) is -1.70. The van der Waals surface area contributed by atoms with Crippen LogP contribution in [0, 0.1) is 12.7 Å². The van der Waals surface area contributed by atoms with Crippen molar-refractivity contribution in [2.24, 2.45) is 0 Å². The number of halogens is 1. The summed E-state index contributed by atoms with van der Waals surface area (Å²) in [7, 11) is 0. The van der Waals surface area contributed by atoms with Crippen LogP contribution in [0.1, 0.15) is 21.7 Å². The maximum absolute atomic E-state index is 13.2. The minimum absolute atomic E-state index is 0. The summed E-state index contributed by atoms with van der Waals surface area (Å²) in [5.41, 5.74) is 1.11. The largest absolute Gasteiger partial charge is 1.00 e. The van der Waals surface area contributed by atoms with Crippen LogP contribution in [-0.2, 0) is 6.54 Å². The van der Waals surface area contributed by atoms with Gasteiger partial charge in [-0.3, -0.25) is 9.67 Å². The van der Waals surface area contributed by atoms with Crippen molar-refractivity contribution in [1.29, 1.82) is 0 Å². The number of aromatic carboxylic acids is 1. The molecule has 0 atom stereocenters. The van der Waals surface area contributed by atoms with Crippen LogP contribution in [-0.4, -0.2) is 31.3 Å². The third-order valence-electron chi connectivity index (χ3n) is 2.37. The summed E-state index contributed by atoms with van der Waals surface area (Å²) in [4.78, 5) is 14.7. The van der Waals surface area contributed by atoms with Gasteiger partial charge in [-0.2, -0.15) is 5.10 Å². The van der Waals surface area contributed by atoms with Crippen molar-refractivity contribution in [2.75, 3.05) is 0 Å². The molecule has 0 unspecified atom stereocenters. The molecule has 0 aromatic carbocycles. The van der Waals surface area contributed by atoms with Gasteiger partial charge in [0.25, 0.3) is 0 Å². The molecule has 2 aromatic rings. The molecule has 8 heteroatoms. The molecular formula is C11H11FLiN3O3. The average molecular weight is 259 g/mol. The Morgan fingerprint density at radius 3 is 2.74 bits per heavy atom. The quantitative estimate of drug-likeness (QED) is 0.662. The molecule has 2 rings (SSSR count). The number of hydrogen-bond donors (Lipinski definition) is 1. The molecule has 6 nitrogen and oxygen atoms in total. The van der Waals surface area contributed by atoms with Gasteiger partial charge in [-0.1, -0.05) is 6.07 Å². The van der Waals surface area contributed by atoms with E-state index in [9.17, 15) is 9.18 Å². The zero-order valence-corrected chi connectivity index (χ0v) is 10.5. The van der Waals surface area contributed by atoms with Crippen molar-refractivity contribution in [3.05, 3.63) is 47.3 Å². The molecule has 0 amide bonds. The van der Waals surface area contributed by atoms with Gasteiger partial charge in [0.15, 0.2) is 5.82 Å². The number of rotatable bonds is 3. The molecule has 0 saturated carbocycles. The van der Waals surface area contributed by atoms with E-state index in [0.29, 0.717) is 6.54 Å². The van der Waals surface area contributed by atoms with Gasteiger partial charge in [0, 0.05) is 11.9 Å². The van der Waals surface area contributed by atoms with E-state index < -0.39 is 17.5 Å². The van der Waals surface area contributed by atoms with Crippen molar-refractivity contribution in [3.8, 4) is 0 Å². The van der Waals surface area contributed by atoms with Gasteiger partial charge in [0.1, 0.15) is 0 Å². The summed E-state index contributed by atoms with van der Waals surface area (Å²) in [6, 6.07) is 3.60. The Balaban J connectivity index is 0.00000162. The SMILES string of the molecule is Cc1ncccc1Cn1cc(F)c(C(=O)O)n1.[Li+].[OH-]. The van der Waals surface area contributed by atoms with E-state index in [1.807, 2.05) is 13.0 Å². The Kier molecular flexibility index (Phi) is 6.42. The minimum Gasteiger partial charge on any atom is -0.870 e. The van der Waals surface area contributed by atoms with E-state index in [2.05, 4.69) is 10.1 Å². The normalized spacial score (nSPS) is 9.37. The predicted molar refractivity (Wildman–Crippen MR) is 59.2 cm³/mol. The third-order valence-corrected chi connectivity index (χ3v) is 2.37. The molecule has 0 saturated heterocycles. The summed E-state index contributed by atoms with van der Waals surface area (Å²) in [6.45, 7) is 2.12. The van der Waals surface area contributed by atoms with E-state index in [1.54, 1.807) is 12.3 Å². The van der Waals surface area contributed by atoms with Crippen molar-refractivity contribution in [3.63, 3.8) is 0 Å². The number of aryl methyl sites for hydroxylation is 1. The van der Waals surface area contributed by atoms with E-state index in [-0.39, 0.29) is 24.3 Å². The Labute approximate surface area is 120 Å². The van der Waals surface area contributed by atoms with Crippen LogP contribution in [0.3, 0.4) is 0 Å². The first-order valence-corrected chi connectivity index (χ1v) is 4.94. The molecule has 0 radical (unpaired) electrons. The molecule has 2 N–H and O–H groups in total. The van der Waals surface area contributed by atoms with Crippen molar-refractivity contribution < 1.29 is 38.6 Å². The van der Waals surface area contributed by atoms with Crippen LogP contribution in [0.15, 0.2) is 24.5 Å². The zero-order chi connectivity index (χ0) is 12.4. The fraction of sp³-hybridized carbons (Fsp3) is 0.182. The fourth-order valence-electron chi connectivity index (χ4n) is 1.48. The van der Waals surface area contributed by atoms with Gasteiger partial charge in [0.2, 0.25) is 5.69 Å². The molecule has 2 heterocycles. The second kappa shape index (κ2) is 7.04. The first-order valence-electron chi connectivity index (χ1n) is 4.94. The van der Waals surface area contributed by atoms with Crippen molar-refractivity contribution in [2.45, 2.75) is 13.5 Å². The first-order chi connectivity index (χ1) is 8.08. The average Bonchev–Trinajstić information content (AvgIpc) is 2.63. The molecule has 0 spiro atoms. The van der Waals surface area contributed by atoms with Gasteiger partial charge >= 0.3 is 24.8 Å². The van der Waals surface area contributed by atoms with Gasteiger partial charge in [-0.05, 0) is 18.6 Å². The van der Waals surface area contributed by atoms with Crippen LogP contribution in [0.2, 0.25) is 0 Å². The van der Waals surface area contributed by atoms with Crippen LogP contribution in [0.25, 0.3) is 0 Å². The summed E-state index contributed by atoms with van der Waals surface area (Å²) >= 11 is 0. The fourth-order valence-corrected chi connectivity index (χ4v) is 1.48. The molecule has 0 aliphatic carbocycles. The maximum Gasteiger partial charge on any atom is 1.00 e. The van der Waals surface area contributed by atoms with E-state index in [4.69, 9.17) is 5.11 Å². The Hall–Kier alpha value is -1.68. The van der Waals surface area contributed by atoms with E-state index >= 15 is 0 Å². The van der Waals surface area contributed by atoms with E-state index in [1.165, 1.54) is 4.68 Å². The second-order valence-electron chi connectivity index (χ2n) is 3.58. The minimum atomic E-state index is -1.37. The Bertz CT molecular complexity index is 574. The number of hydrogen-bond acceptors (Lipinski definition) is 4. The molecular weight excluding hydrogens is 248 g/mol. The molecule has 0 aliphatic rings. The van der Waals surface area contributed by atoms with E-state index in [0.717, 1.165) is 17.5 Å². The van der Waals surface area contributed by atoms with Gasteiger partial charge in [-0.25, -0.2) is 9.18 Å². The summed E-state index contributed by atoms with van der Waals surface area (Å²) in [5, 5.41) is 12.3. The monoisotopic (exact) mass is 259 g/mol. The first kappa shape index (κ1) is 17.3. The molecule has 0 bridgehead atoms. The molecule has 2 aromatic heterocycles. The summed E-state index contributed by atoms with van der Waals surface area (Å²) in [5.74, 6) is -2.21. The Morgan fingerprint density at radius 2 is 2.21 bits per heavy atom. The van der Waals surface area contributed by atoms with Crippen molar-refractivity contribution in [1.82, 2.24) is 14.8 Å². The van der Waals surface area contributed by atoms with Gasteiger partial charge in [-0.15, -0.1) is 0 Å². The van der Waals surface area contributed by atoms with Crippen LogP contribution >= 0.6 is 0 Å². The Morgan fingerprint density at radius 1 is 1.53 bits per heavy atom. The topological polar surface area (TPSA) is 98.0 Å². The van der Waals surface area contributed by atoms with Crippen LogP contribution in [0.4, 0.5) is 4.39 Å². The number of aromatic nitrogens is 3. The molecule has 0 fully saturated rings. The van der Waals surface area contributed by atoms with Crippen LogP contribution in [0.5, 0.6) is 0 Å². The van der Waals surface area contributed by atoms with Crippen LogP contribution < -0.4 is 18.9 Å². The summed E-state index contributed by atoms with van der Waals surface area (Å²) < 4.78 is 14.4. The standard InChI is InChI=1S/C11H10FN3O2.Li.H2O/c1-7-8(3-2-4-13-7)5-15-6-9(12)10(14-15)11(16)17;;/h2-4,6H,5H2,1H3,(H,16,17);;1H2/q;+1;/p-1. The maximum atomic E-state index is 13.2. The smallest absolute Gasteiger partial charge is 0.870 e. The molecule has 0 aliphatic heterocycles. The van der Waals surface area contributed by atoms with Gasteiger partial charge < -0.3 is 10.6 Å². The molecule has 96 valence electrons. The van der Waals surface area contributed by atoms with Crippen molar-refractivity contribution >= 4 is 5.97 Å². The number of carboxylic acids is 1. The third kappa shape index (κ3) is 3.89.